The molecule has 4 N–H and O–H groups in total. The maximum absolute atomic E-state index is 12.6. The number of piperidine rings is 1. The average molecular weight is 406 g/mol. The topological polar surface area (TPSA) is 110 Å². The lowest BCUT2D eigenvalue weighted by atomic mass is 9.98. The average Bonchev–Trinajstić information content (AvgIpc) is 3.08. The van der Waals surface area contributed by atoms with Gasteiger partial charge in [-0.2, -0.15) is 0 Å². The van der Waals surface area contributed by atoms with Crippen LogP contribution in [0.3, 0.4) is 0 Å². The van der Waals surface area contributed by atoms with Crippen LogP contribution in [0, 0.1) is 0 Å². The summed E-state index contributed by atoms with van der Waals surface area (Å²) < 4.78 is 0. The van der Waals surface area contributed by atoms with E-state index in [-0.39, 0.29) is 23.8 Å². The molecule has 150 valence electrons. The van der Waals surface area contributed by atoms with E-state index in [1.807, 2.05) is 37.3 Å². The Balaban J connectivity index is 1.68. The molecule has 2 atom stereocenters. The Labute approximate surface area is 168 Å². The van der Waals surface area contributed by atoms with E-state index in [9.17, 15) is 14.7 Å². The summed E-state index contributed by atoms with van der Waals surface area (Å²) in [5, 5.41) is 16.0. The number of halogens is 1. The van der Waals surface area contributed by atoms with Gasteiger partial charge in [0.05, 0.1) is 5.69 Å². The lowest BCUT2D eigenvalue weighted by Crippen LogP contribution is -2.60. The van der Waals surface area contributed by atoms with Crippen molar-refractivity contribution in [1.29, 1.82) is 0 Å². The van der Waals surface area contributed by atoms with Gasteiger partial charge in [0.1, 0.15) is 0 Å². The minimum absolute atomic E-state index is 0.171. The molecule has 0 unspecified atom stereocenters. The van der Waals surface area contributed by atoms with Gasteiger partial charge in [-0.1, -0.05) is 48.9 Å². The summed E-state index contributed by atoms with van der Waals surface area (Å²) in [7, 11) is 0. The van der Waals surface area contributed by atoms with Gasteiger partial charge in [-0.15, -0.1) is 0 Å². The predicted molar refractivity (Wildman–Crippen MR) is 106 cm³/mol. The lowest BCUT2D eigenvalue weighted by molar-refractivity contribution is 0.0861. The highest BCUT2D eigenvalue weighted by Crippen LogP contribution is 2.16. The first kappa shape index (κ1) is 20.2. The molecule has 8 nitrogen and oxygen atoms in total. The smallest absolute Gasteiger partial charge is 0.407 e. The van der Waals surface area contributed by atoms with Crippen LogP contribution in [0.4, 0.5) is 4.79 Å². The van der Waals surface area contributed by atoms with Crippen LogP contribution in [-0.2, 0) is 13.0 Å². The molecular weight excluding hydrogens is 382 g/mol. The number of aromatic amines is 1. The summed E-state index contributed by atoms with van der Waals surface area (Å²) in [6.45, 7) is 3.17. The first-order valence-electron chi connectivity index (χ1n) is 9.28. The quantitative estimate of drug-likeness (QED) is 0.589. The molecule has 28 heavy (non-hydrogen) atoms. The summed E-state index contributed by atoms with van der Waals surface area (Å²) in [4.78, 5) is 32.4. The molecule has 1 aliphatic rings. The number of carbonyl (C=O) groups is 2. The van der Waals surface area contributed by atoms with Gasteiger partial charge in [0.2, 0.25) is 0 Å². The van der Waals surface area contributed by atoms with Crippen molar-refractivity contribution in [3.63, 3.8) is 0 Å². The van der Waals surface area contributed by atoms with E-state index in [1.54, 1.807) is 0 Å². The molecule has 2 amide bonds. The SMILES string of the molecule is CCc1[nH]c(C(=O)N[C@@H]2CCN(C(=O)O)C[C@@H]2NCc2ccccc2)nc1Cl. The van der Waals surface area contributed by atoms with E-state index in [2.05, 4.69) is 20.6 Å². The van der Waals surface area contributed by atoms with E-state index in [4.69, 9.17) is 11.6 Å². The monoisotopic (exact) mass is 405 g/mol. The normalized spacial score (nSPS) is 19.4. The van der Waals surface area contributed by atoms with Crippen LogP contribution in [0.15, 0.2) is 30.3 Å². The Morgan fingerprint density at radius 3 is 2.71 bits per heavy atom. The maximum atomic E-state index is 12.6. The van der Waals surface area contributed by atoms with Crippen LogP contribution in [0.25, 0.3) is 0 Å². The molecule has 2 aromatic rings. The van der Waals surface area contributed by atoms with E-state index in [0.29, 0.717) is 43.3 Å². The van der Waals surface area contributed by atoms with Gasteiger partial charge < -0.3 is 25.6 Å². The summed E-state index contributed by atoms with van der Waals surface area (Å²) in [5.41, 5.74) is 1.80. The van der Waals surface area contributed by atoms with Gasteiger partial charge in [0.25, 0.3) is 5.91 Å². The van der Waals surface area contributed by atoms with E-state index >= 15 is 0 Å². The van der Waals surface area contributed by atoms with Gasteiger partial charge in [0.15, 0.2) is 11.0 Å². The lowest BCUT2D eigenvalue weighted by Gasteiger charge is -2.38. The third-order valence-electron chi connectivity index (χ3n) is 4.91. The number of likely N-dealkylation sites (tertiary alicyclic amines) is 1. The molecule has 0 aliphatic carbocycles. The fourth-order valence-electron chi connectivity index (χ4n) is 3.32. The van der Waals surface area contributed by atoms with Crippen LogP contribution in [0.5, 0.6) is 0 Å². The van der Waals surface area contributed by atoms with Crippen molar-refractivity contribution in [2.24, 2.45) is 0 Å². The van der Waals surface area contributed by atoms with Crippen LogP contribution in [0.1, 0.15) is 35.2 Å². The second-order valence-electron chi connectivity index (χ2n) is 6.78. The first-order chi connectivity index (χ1) is 13.5. The van der Waals surface area contributed by atoms with Crippen molar-refractivity contribution in [2.45, 2.75) is 38.4 Å². The fraction of sp³-hybridized carbons (Fsp3) is 0.421. The zero-order chi connectivity index (χ0) is 20.1. The number of hydrogen-bond acceptors (Lipinski definition) is 4. The van der Waals surface area contributed by atoms with Crippen LogP contribution in [0.2, 0.25) is 5.15 Å². The number of carboxylic acid groups (broad SMARTS) is 1. The molecule has 1 aromatic carbocycles. The number of imidazole rings is 1. The van der Waals surface area contributed by atoms with Crippen molar-refractivity contribution in [3.05, 3.63) is 52.6 Å². The number of aryl methyl sites for hydroxylation is 1. The number of benzene rings is 1. The molecule has 1 aromatic heterocycles. The van der Waals surface area contributed by atoms with E-state index in [0.717, 1.165) is 5.56 Å². The predicted octanol–water partition coefficient (Wildman–Crippen LogP) is 2.27. The largest absolute Gasteiger partial charge is 0.465 e. The van der Waals surface area contributed by atoms with Crippen LogP contribution in [-0.4, -0.2) is 57.1 Å². The number of carbonyl (C=O) groups excluding carboxylic acids is 1. The molecule has 9 heteroatoms. The Morgan fingerprint density at radius 1 is 1.32 bits per heavy atom. The highest BCUT2D eigenvalue weighted by atomic mass is 35.5. The molecule has 0 radical (unpaired) electrons. The number of nitrogens with one attached hydrogen (secondary N) is 3. The number of rotatable bonds is 6. The number of nitrogens with zero attached hydrogens (tertiary/aromatic N) is 2. The van der Waals surface area contributed by atoms with Crippen LogP contribution >= 0.6 is 11.6 Å². The summed E-state index contributed by atoms with van der Waals surface area (Å²) in [5.74, 6) is -0.175. The van der Waals surface area contributed by atoms with Gasteiger partial charge in [-0.3, -0.25) is 4.79 Å². The van der Waals surface area contributed by atoms with Crippen molar-refractivity contribution in [2.75, 3.05) is 13.1 Å². The van der Waals surface area contributed by atoms with Gasteiger partial charge in [-0.05, 0) is 18.4 Å². The molecule has 1 aliphatic heterocycles. The third-order valence-corrected chi connectivity index (χ3v) is 5.22. The van der Waals surface area contributed by atoms with Gasteiger partial charge in [-0.25, -0.2) is 9.78 Å². The molecule has 1 fully saturated rings. The molecule has 0 spiro atoms. The van der Waals surface area contributed by atoms with Crippen molar-refractivity contribution in [1.82, 2.24) is 25.5 Å². The molecule has 1 saturated heterocycles. The fourth-order valence-corrected chi connectivity index (χ4v) is 3.58. The Morgan fingerprint density at radius 2 is 2.07 bits per heavy atom. The summed E-state index contributed by atoms with van der Waals surface area (Å²) >= 11 is 6.03. The van der Waals surface area contributed by atoms with Gasteiger partial charge in [0, 0.05) is 31.7 Å². The van der Waals surface area contributed by atoms with E-state index < -0.39 is 6.09 Å². The van der Waals surface area contributed by atoms with Crippen molar-refractivity contribution < 1.29 is 14.7 Å². The number of amides is 2. The number of aromatic nitrogens is 2. The maximum Gasteiger partial charge on any atom is 0.407 e. The van der Waals surface area contributed by atoms with Crippen molar-refractivity contribution in [3.8, 4) is 0 Å². The second kappa shape index (κ2) is 9.07. The molecule has 0 saturated carbocycles. The highest BCUT2D eigenvalue weighted by molar-refractivity contribution is 6.30. The number of hydrogen-bond donors (Lipinski definition) is 4. The van der Waals surface area contributed by atoms with Crippen LogP contribution < -0.4 is 10.6 Å². The minimum Gasteiger partial charge on any atom is -0.465 e. The third kappa shape index (κ3) is 4.82. The highest BCUT2D eigenvalue weighted by Gasteiger charge is 2.33. The first-order valence-corrected chi connectivity index (χ1v) is 9.66. The Hall–Kier alpha value is -2.58. The standard InChI is InChI=1S/C19H24ClN5O3/c1-2-13-16(20)24-17(22-13)18(26)23-14-8-9-25(19(27)28)11-15(14)21-10-12-6-4-3-5-7-12/h3-7,14-15,21H,2,8-11H2,1H3,(H,22,24)(H,23,26)(H,27,28)/t14-,15+/m1/s1. The molecule has 0 bridgehead atoms. The van der Waals surface area contributed by atoms with E-state index in [1.165, 1.54) is 4.90 Å². The molecule has 2 heterocycles. The number of H-pyrrole nitrogens is 1. The Kier molecular flexibility index (Phi) is 6.53. The molecule has 3 rings (SSSR count). The zero-order valence-electron chi connectivity index (χ0n) is 15.6. The summed E-state index contributed by atoms with van der Waals surface area (Å²) in [6, 6.07) is 9.40. The Bertz CT molecular complexity index is 826. The minimum atomic E-state index is -0.957. The van der Waals surface area contributed by atoms with Gasteiger partial charge >= 0.3 is 6.09 Å². The summed E-state index contributed by atoms with van der Waals surface area (Å²) in [6.07, 6.45) is 0.207. The molecular formula is C19H24ClN5O3. The zero-order valence-corrected chi connectivity index (χ0v) is 16.4. The van der Waals surface area contributed by atoms with Crippen molar-refractivity contribution >= 4 is 23.6 Å². The second-order valence-corrected chi connectivity index (χ2v) is 7.14.